The SMILES string of the molecule is CCN(C)S(=O)(=O)CCc1ccc2c(S(=O)(=O)O)c(N=Nc3c(S(=O)(=O)O)cc4c(N=Nc5ccc(SC#COOS(=O)(=O)O)cc5S(=O)(=O)O)c(N)ccc4c3O)ccc2c1.O. The number of nitrogens with zero attached hydrogens (tertiary/aromatic N) is 5. The van der Waals surface area contributed by atoms with Gasteiger partial charge in [-0.1, -0.05) is 31.2 Å². The van der Waals surface area contributed by atoms with Crippen LogP contribution in [0.15, 0.2) is 107 Å². The molecule has 0 aliphatic rings. The average molecular weight is 993 g/mol. The average Bonchev–Trinajstić information content (AvgIpc) is 3.17. The lowest BCUT2D eigenvalue weighted by atomic mass is 10.0. The number of hydrogen-bond acceptors (Lipinski definition) is 19. The predicted molar refractivity (Wildman–Crippen MR) is 225 cm³/mol. The first-order valence-electron chi connectivity index (χ1n) is 16.7. The molecule has 0 saturated carbocycles. The van der Waals surface area contributed by atoms with Crippen LogP contribution in [0, 0.1) is 11.4 Å². The maximum atomic E-state index is 12.7. The number of sulfonamides is 1. The molecule has 0 aromatic heterocycles. The van der Waals surface area contributed by atoms with Gasteiger partial charge in [-0.15, -0.1) is 20.5 Å². The minimum absolute atomic E-state index is 0. The summed E-state index contributed by atoms with van der Waals surface area (Å²) in [5.41, 5.74) is 4.01. The van der Waals surface area contributed by atoms with Crippen LogP contribution < -0.4 is 5.73 Å². The highest BCUT2D eigenvalue weighted by atomic mass is 32.3. The van der Waals surface area contributed by atoms with E-state index in [9.17, 15) is 60.9 Å². The number of nitrogens with two attached hydrogens (primary N) is 1. The molecule has 0 unspecified atom stereocenters. The molecule has 0 saturated heterocycles. The Labute approximate surface area is 362 Å². The zero-order chi connectivity index (χ0) is 46.0. The maximum absolute atomic E-state index is 12.7. The highest BCUT2D eigenvalue weighted by Crippen LogP contribution is 2.46. The van der Waals surface area contributed by atoms with Gasteiger partial charge in [0, 0.05) is 39.9 Å². The van der Waals surface area contributed by atoms with Crippen molar-refractivity contribution in [1.29, 1.82) is 0 Å². The molecule has 0 amide bonds. The number of hydrogen-bond donors (Lipinski definition) is 6. The van der Waals surface area contributed by atoms with Crippen LogP contribution in [-0.4, -0.2) is 94.5 Å². The summed E-state index contributed by atoms with van der Waals surface area (Å²) in [6.07, 6.45) is 1.80. The lowest BCUT2D eigenvalue weighted by molar-refractivity contribution is -0.135. The molecular formula is C33H32N6O18S6. The van der Waals surface area contributed by atoms with E-state index in [1.165, 1.54) is 53.8 Å². The van der Waals surface area contributed by atoms with E-state index in [1.54, 1.807) is 13.0 Å². The molecule has 0 atom stereocenters. The highest BCUT2D eigenvalue weighted by Gasteiger charge is 2.26. The van der Waals surface area contributed by atoms with Crippen molar-refractivity contribution in [1.82, 2.24) is 4.31 Å². The molecule has 0 aliphatic heterocycles. The number of phenols is 1. The smallest absolute Gasteiger partial charge is 0.433 e. The van der Waals surface area contributed by atoms with Crippen molar-refractivity contribution in [2.75, 3.05) is 25.1 Å². The first-order chi connectivity index (χ1) is 28.7. The van der Waals surface area contributed by atoms with E-state index in [2.05, 4.69) is 34.9 Å². The summed E-state index contributed by atoms with van der Waals surface area (Å²) in [5, 5.41) is 28.4. The molecule has 30 heteroatoms. The lowest BCUT2D eigenvalue weighted by Gasteiger charge is -2.15. The van der Waals surface area contributed by atoms with E-state index in [-0.39, 0.29) is 56.3 Å². The van der Waals surface area contributed by atoms with E-state index in [0.717, 1.165) is 24.3 Å². The van der Waals surface area contributed by atoms with E-state index in [0.29, 0.717) is 17.3 Å². The van der Waals surface area contributed by atoms with E-state index >= 15 is 0 Å². The Kier molecular flexibility index (Phi) is 15.3. The fraction of sp³-hybridized carbons (Fsp3) is 0.152. The number of azo groups is 2. The molecule has 63 heavy (non-hydrogen) atoms. The molecule has 0 fully saturated rings. The van der Waals surface area contributed by atoms with Crippen LogP contribution in [0.4, 0.5) is 28.4 Å². The predicted octanol–water partition coefficient (Wildman–Crippen LogP) is 4.61. The van der Waals surface area contributed by atoms with Gasteiger partial charge < -0.3 is 16.3 Å². The largest absolute Gasteiger partial charge is 0.505 e. The second-order valence-corrected chi connectivity index (χ2v) is 20.7. The molecule has 0 spiro atoms. The van der Waals surface area contributed by atoms with Crippen molar-refractivity contribution >= 4 is 113 Å². The summed E-state index contributed by atoms with van der Waals surface area (Å²) in [6, 6.07) is 12.9. The summed E-state index contributed by atoms with van der Waals surface area (Å²) in [5.74, 6) is -1.21. The molecule has 0 heterocycles. The molecule has 0 aliphatic carbocycles. The number of aryl methyl sites for hydroxylation is 1. The van der Waals surface area contributed by atoms with Crippen molar-refractivity contribution in [3.05, 3.63) is 72.3 Å². The van der Waals surface area contributed by atoms with E-state index in [4.69, 9.17) is 10.3 Å². The van der Waals surface area contributed by atoms with Gasteiger partial charge in [0.1, 0.15) is 37.4 Å². The van der Waals surface area contributed by atoms with Gasteiger partial charge in [0.05, 0.1) is 11.4 Å². The van der Waals surface area contributed by atoms with Crippen LogP contribution in [0.3, 0.4) is 0 Å². The van der Waals surface area contributed by atoms with Gasteiger partial charge in [-0.3, -0.25) is 23.1 Å². The Morgan fingerprint density at radius 3 is 1.95 bits per heavy atom. The second-order valence-electron chi connectivity index (χ2n) is 12.5. The molecule has 0 bridgehead atoms. The minimum Gasteiger partial charge on any atom is -0.505 e. The number of benzene rings is 5. The van der Waals surface area contributed by atoms with Crippen molar-refractivity contribution in [2.24, 2.45) is 20.5 Å². The standard InChI is InChI=1S/C33H30N6O17S6.H2O/c1-3-39(2)58(41,42)15-12-19-4-7-22-20(16-19)5-10-27(33(22)61(49,50)51)36-38-31-29(60(46,47)48)18-24-23(32(31)40)8-9-25(34)30(24)37-35-26-11-6-21(17-28(26)59(43,44)45)57-14-13-55-56-62(52,53)54;/h4-11,16-18,40H,3,12,15,34H2,1-2H3,(H,43,44,45)(H,46,47,48)(H,49,50,51)(H,52,53,54);1H2. The zero-order valence-corrected chi connectivity index (χ0v) is 36.8. The zero-order valence-electron chi connectivity index (χ0n) is 31.9. The minimum atomic E-state index is -5.32. The quantitative estimate of drug-likeness (QED) is 0.0158. The van der Waals surface area contributed by atoms with Crippen molar-refractivity contribution in [3.8, 4) is 17.1 Å². The van der Waals surface area contributed by atoms with Gasteiger partial charge in [0.2, 0.25) is 10.0 Å². The first kappa shape index (κ1) is 50.2. The normalized spacial score (nSPS) is 12.8. The number of aromatic hydroxyl groups is 1. The Hall–Kier alpha value is -5.40. The van der Waals surface area contributed by atoms with Gasteiger partial charge in [-0.05, 0) is 75.9 Å². The first-order valence-corrected chi connectivity index (χ1v) is 24.8. The van der Waals surface area contributed by atoms with Crippen molar-refractivity contribution in [3.63, 3.8) is 0 Å². The molecule has 9 N–H and O–H groups in total. The number of phenolic OH excluding ortho intramolecular Hbond substituents is 1. The Morgan fingerprint density at radius 1 is 0.714 bits per heavy atom. The topological polar surface area (TPSA) is 401 Å². The van der Waals surface area contributed by atoms with Gasteiger partial charge in [0.15, 0.2) is 11.9 Å². The maximum Gasteiger partial charge on any atom is 0.433 e. The molecule has 0 radical (unpaired) electrons. The highest BCUT2D eigenvalue weighted by molar-refractivity contribution is 8.04. The molecule has 5 aromatic carbocycles. The van der Waals surface area contributed by atoms with Crippen molar-refractivity contribution < 1.29 is 80.1 Å². The van der Waals surface area contributed by atoms with Crippen LogP contribution >= 0.6 is 11.8 Å². The van der Waals surface area contributed by atoms with Crippen LogP contribution in [0.5, 0.6) is 5.75 Å². The van der Waals surface area contributed by atoms with E-state index in [1.807, 2.05) is 0 Å². The summed E-state index contributed by atoms with van der Waals surface area (Å²) < 4.78 is 165. The fourth-order valence-corrected chi connectivity index (χ4v) is 9.52. The molecule has 5 rings (SSSR count). The van der Waals surface area contributed by atoms with Gasteiger partial charge in [0.25, 0.3) is 30.4 Å². The Bertz CT molecular complexity index is 3340. The number of fused-ring (bicyclic) bond motifs is 2. The molecule has 5 aromatic rings. The Balaban J connectivity index is 0.00000871. The van der Waals surface area contributed by atoms with Crippen LogP contribution in [-0.2, 0) is 66.4 Å². The second kappa shape index (κ2) is 19.1. The summed E-state index contributed by atoms with van der Waals surface area (Å²) in [7, 11) is -22.6. The Morgan fingerprint density at radius 2 is 1.33 bits per heavy atom. The lowest BCUT2D eigenvalue weighted by Crippen LogP contribution is -2.29. The van der Waals surface area contributed by atoms with Crippen LogP contribution in [0.2, 0.25) is 0 Å². The van der Waals surface area contributed by atoms with Gasteiger partial charge in [-0.25, -0.2) is 12.7 Å². The number of nitrogen functional groups attached to an aromatic ring is 1. The number of rotatable bonds is 15. The van der Waals surface area contributed by atoms with Gasteiger partial charge in [-0.2, -0.15) is 33.7 Å². The number of thioether (sulfide) groups is 1. The third-order valence-electron chi connectivity index (χ3n) is 8.45. The number of anilines is 1. The van der Waals surface area contributed by atoms with Crippen LogP contribution in [0.1, 0.15) is 12.5 Å². The summed E-state index contributed by atoms with van der Waals surface area (Å²) >= 11 is 0.549. The van der Waals surface area contributed by atoms with Crippen LogP contribution in [0.25, 0.3) is 21.5 Å². The molecule has 24 nitrogen and oxygen atoms in total. The molecule has 338 valence electrons. The van der Waals surface area contributed by atoms with Crippen molar-refractivity contribution in [2.45, 2.75) is 32.9 Å². The summed E-state index contributed by atoms with van der Waals surface area (Å²) in [6.45, 7) is 1.92. The third kappa shape index (κ3) is 12.2. The van der Waals surface area contributed by atoms with E-state index < -0.39 is 94.0 Å². The fourth-order valence-electron chi connectivity index (χ4n) is 5.48. The third-order valence-corrected chi connectivity index (χ3v) is 14.0. The van der Waals surface area contributed by atoms with Gasteiger partial charge >= 0.3 is 10.4 Å². The summed E-state index contributed by atoms with van der Waals surface area (Å²) in [4.78, 5) is 1.25. The monoisotopic (exact) mass is 992 g/mol. The molecular weight excluding hydrogens is 961 g/mol.